The van der Waals surface area contributed by atoms with Crippen LogP contribution in [0.3, 0.4) is 0 Å². The summed E-state index contributed by atoms with van der Waals surface area (Å²) in [5.74, 6) is 0.723. The number of rotatable bonds is 7. The van der Waals surface area contributed by atoms with Crippen LogP contribution in [-0.2, 0) is 14.0 Å². The summed E-state index contributed by atoms with van der Waals surface area (Å²) in [6.07, 6.45) is 0.0298. The number of carbonyl (C=O) groups excluding carboxylic acids is 1. The minimum absolute atomic E-state index is 0. The first kappa shape index (κ1) is 29.1. The lowest BCUT2D eigenvalue weighted by molar-refractivity contribution is 0.00578. The maximum Gasteiger partial charge on any atom is 0.494 e. The van der Waals surface area contributed by atoms with Crippen LogP contribution in [0.1, 0.15) is 66.6 Å². The van der Waals surface area contributed by atoms with E-state index in [1.165, 1.54) is 0 Å². The van der Waals surface area contributed by atoms with Crippen LogP contribution < -0.4 is 10.2 Å². The van der Waals surface area contributed by atoms with E-state index in [2.05, 4.69) is 0 Å². The number of benzene rings is 2. The average molecular weight is 501 g/mol. The lowest BCUT2D eigenvalue weighted by atomic mass is 9.79. The van der Waals surface area contributed by atoms with Crippen molar-refractivity contribution >= 4 is 32.2 Å². The molecule has 0 aliphatic carbocycles. The molecule has 0 bridgehead atoms. The van der Waals surface area contributed by atoms with E-state index in [4.69, 9.17) is 18.8 Å². The largest absolute Gasteiger partial charge is 0.494 e. The third kappa shape index (κ3) is 7.66. The summed E-state index contributed by atoms with van der Waals surface area (Å²) >= 11 is 0. The van der Waals surface area contributed by atoms with Gasteiger partial charge in [-0.2, -0.15) is 13.5 Å². The van der Waals surface area contributed by atoms with Crippen LogP contribution in [0.4, 0.5) is 4.79 Å². The summed E-state index contributed by atoms with van der Waals surface area (Å²) in [5.41, 5.74) is 0.602. The molecular formula is C27H40BNO5S. The molecule has 8 heteroatoms. The third-order valence-corrected chi connectivity index (χ3v) is 6.27. The van der Waals surface area contributed by atoms with E-state index >= 15 is 0 Å². The van der Waals surface area contributed by atoms with Gasteiger partial charge in [-0.1, -0.05) is 42.5 Å². The Kier molecular flexibility index (Phi) is 9.36. The van der Waals surface area contributed by atoms with Gasteiger partial charge in [-0.3, -0.25) is 0 Å². The van der Waals surface area contributed by atoms with Crippen LogP contribution in [0.5, 0.6) is 5.75 Å². The fourth-order valence-corrected chi connectivity index (χ4v) is 3.58. The zero-order valence-corrected chi connectivity index (χ0v) is 23.3. The second-order valence-corrected chi connectivity index (χ2v) is 10.9. The van der Waals surface area contributed by atoms with Crippen molar-refractivity contribution in [1.82, 2.24) is 4.90 Å². The van der Waals surface area contributed by atoms with Gasteiger partial charge in [0.15, 0.2) is 0 Å². The lowest BCUT2D eigenvalue weighted by Crippen LogP contribution is -2.41. The van der Waals surface area contributed by atoms with E-state index in [9.17, 15) is 4.79 Å². The van der Waals surface area contributed by atoms with Crippen LogP contribution in [0.2, 0.25) is 0 Å². The predicted molar refractivity (Wildman–Crippen MR) is 146 cm³/mol. The first-order chi connectivity index (χ1) is 15.8. The summed E-state index contributed by atoms with van der Waals surface area (Å²) in [5, 5.41) is 0. The quantitative estimate of drug-likeness (QED) is 0.471. The molecule has 0 N–H and O–H groups in total. The minimum Gasteiger partial charge on any atom is -0.486 e. The van der Waals surface area contributed by atoms with Crippen LogP contribution >= 0.6 is 13.5 Å². The normalized spacial score (nSPS) is 17.3. The van der Waals surface area contributed by atoms with Gasteiger partial charge in [-0.15, -0.1) is 0 Å². The molecule has 3 rings (SSSR count). The molecule has 0 saturated carbocycles. The fraction of sp³-hybridized carbons (Fsp3) is 0.519. The van der Waals surface area contributed by atoms with E-state index in [0.29, 0.717) is 13.0 Å². The molecule has 0 radical (unpaired) electrons. The Hall–Kier alpha value is -2.16. The molecule has 0 spiro atoms. The van der Waals surface area contributed by atoms with Crippen molar-refractivity contribution in [3.05, 3.63) is 60.2 Å². The van der Waals surface area contributed by atoms with Gasteiger partial charge in [-0.25, -0.2) is 4.79 Å². The molecule has 1 fully saturated rings. The Morgan fingerprint density at radius 3 is 2.17 bits per heavy atom. The molecule has 1 aliphatic rings. The highest BCUT2D eigenvalue weighted by atomic mass is 32.1. The van der Waals surface area contributed by atoms with E-state index in [1.807, 2.05) is 103 Å². The van der Waals surface area contributed by atoms with Gasteiger partial charge in [0.25, 0.3) is 0 Å². The van der Waals surface area contributed by atoms with Gasteiger partial charge in [-0.05, 0) is 71.6 Å². The van der Waals surface area contributed by atoms with Crippen LogP contribution in [0.15, 0.2) is 54.6 Å². The Balaban J connectivity index is 0.00000432. The topological polar surface area (TPSA) is 57.2 Å². The SMILES string of the molecule is CN(CC[C@H](Oc1cccc(B2OC(C)(C)C(C)(C)O2)c1)c1ccccc1)C(=O)OC(C)(C)C.S. The number of hydrogen-bond donors (Lipinski definition) is 0. The Morgan fingerprint density at radius 2 is 1.60 bits per heavy atom. The van der Waals surface area contributed by atoms with Crippen molar-refractivity contribution in [2.45, 2.75) is 77.8 Å². The van der Waals surface area contributed by atoms with E-state index in [1.54, 1.807) is 11.9 Å². The van der Waals surface area contributed by atoms with Crippen molar-refractivity contribution in [3.8, 4) is 5.75 Å². The second-order valence-electron chi connectivity index (χ2n) is 10.9. The molecule has 1 atom stereocenters. The number of hydrogen-bond acceptors (Lipinski definition) is 5. The van der Waals surface area contributed by atoms with E-state index in [0.717, 1.165) is 16.8 Å². The summed E-state index contributed by atoms with van der Waals surface area (Å²) in [6, 6.07) is 17.9. The van der Waals surface area contributed by atoms with Crippen LogP contribution in [0.25, 0.3) is 0 Å². The molecule has 2 aromatic rings. The Labute approximate surface area is 217 Å². The van der Waals surface area contributed by atoms with Gasteiger partial charge >= 0.3 is 13.2 Å². The van der Waals surface area contributed by atoms with Gasteiger partial charge in [0.05, 0.1) is 11.2 Å². The van der Waals surface area contributed by atoms with E-state index in [-0.39, 0.29) is 25.7 Å². The van der Waals surface area contributed by atoms with Crippen molar-refractivity contribution in [1.29, 1.82) is 0 Å². The first-order valence-corrected chi connectivity index (χ1v) is 11.9. The molecule has 35 heavy (non-hydrogen) atoms. The number of carbonyl (C=O) groups is 1. The van der Waals surface area contributed by atoms with E-state index < -0.39 is 23.9 Å². The number of amides is 1. The smallest absolute Gasteiger partial charge is 0.486 e. The summed E-state index contributed by atoms with van der Waals surface area (Å²) < 4.78 is 24.3. The van der Waals surface area contributed by atoms with Gasteiger partial charge < -0.3 is 23.7 Å². The first-order valence-electron chi connectivity index (χ1n) is 11.9. The molecule has 6 nitrogen and oxygen atoms in total. The zero-order valence-electron chi connectivity index (χ0n) is 22.3. The maximum atomic E-state index is 12.4. The maximum absolute atomic E-state index is 12.4. The highest BCUT2D eigenvalue weighted by molar-refractivity contribution is 7.59. The van der Waals surface area contributed by atoms with Gasteiger partial charge in [0.2, 0.25) is 0 Å². The summed E-state index contributed by atoms with van der Waals surface area (Å²) in [4.78, 5) is 14.0. The van der Waals surface area contributed by atoms with Gasteiger partial charge in [0, 0.05) is 20.0 Å². The van der Waals surface area contributed by atoms with Crippen molar-refractivity contribution in [2.24, 2.45) is 0 Å². The molecule has 0 unspecified atom stereocenters. The highest BCUT2D eigenvalue weighted by Gasteiger charge is 2.51. The predicted octanol–water partition coefficient (Wildman–Crippen LogP) is 5.48. The molecule has 2 aromatic carbocycles. The van der Waals surface area contributed by atoms with Crippen molar-refractivity contribution < 1.29 is 23.6 Å². The van der Waals surface area contributed by atoms with Gasteiger partial charge in [0.1, 0.15) is 17.5 Å². The highest BCUT2D eigenvalue weighted by Crippen LogP contribution is 2.36. The standard InChI is InChI=1S/C27H38BNO5.H2S/c1-25(2,3)32-24(30)29(8)18-17-23(20-13-10-9-11-14-20)31-22-16-12-15-21(19-22)28-33-26(4,5)27(6,7)34-28;/h9-16,19,23H,17-18H2,1-8H3;1H2/t23-;/m0./s1. The molecule has 1 amide bonds. The third-order valence-electron chi connectivity index (χ3n) is 6.27. The van der Waals surface area contributed by atoms with Crippen LogP contribution in [0, 0.1) is 0 Å². The fourth-order valence-electron chi connectivity index (χ4n) is 3.58. The number of nitrogens with zero attached hydrogens (tertiary/aromatic N) is 1. The second kappa shape index (κ2) is 11.3. The zero-order chi connectivity index (χ0) is 25.1. The molecule has 1 aliphatic heterocycles. The lowest BCUT2D eigenvalue weighted by Gasteiger charge is -2.32. The number of ether oxygens (including phenoxy) is 2. The van der Waals surface area contributed by atoms with Crippen molar-refractivity contribution in [3.63, 3.8) is 0 Å². The molecular weight excluding hydrogens is 461 g/mol. The summed E-state index contributed by atoms with van der Waals surface area (Å²) in [7, 11) is 1.29. The van der Waals surface area contributed by atoms with Crippen LogP contribution in [-0.4, -0.2) is 48.5 Å². The molecule has 0 aromatic heterocycles. The monoisotopic (exact) mass is 501 g/mol. The minimum atomic E-state index is -0.533. The molecule has 192 valence electrons. The Morgan fingerprint density at radius 1 is 1.00 bits per heavy atom. The van der Waals surface area contributed by atoms with Crippen molar-refractivity contribution in [2.75, 3.05) is 13.6 Å². The molecule has 1 saturated heterocycles. The average Bonchev–Trinajstić information content (AvgIpc) is 2.97. The summed E-state index contributed by atoms with van der Waals surface area (Å²) in [6.45, 7) is 14.2. The molecule has 1 heterocycles. The Bertz CT molecular complexity index is 961.